The molecule has 0 saturated heterocycles. The fraction of sp³-hybridized carbons (Fsp3) is 0.133. The quantitative estimate of drug-likeness (QED) is 0.790. The molecule has 0 unspecified atom stereocenters. The molecule has 0 atom stereocenters. The van der Waals surface area contributed by atoms with Gasteiger partial charge in [-0.25, -0.2) is 8.78 Å². The standard InChI is InChI=1S/C15H13F2NO/c1-18(2)11-6-3-5-10(9-11)15(19)14-12(16)7-4-8-13(14)17/h3-9H,1-2H3. The average Bonchev–Trinajstić information content (AvgIpc) is 2.38. The van der Waals surface area contributed by atoms with E-state index >= 15 is 0 Å². The summed E-state index contributed by atoms with van der Waals surface area (Å²) >= 11 is 0. The summed E-state index contributed by atoms with van der Waals surface area (Å²) in [5.41, 5.74) is 0.538. The summed E-state index contributed by atoms with van der Waals surface area (Å²) in [5.74, 6) is -2.35. The number of benzene rings is 2. The van der Waals surface area contributed by atoms with Crippen molar-refractivity contribution in [3.05, 3.63) is 65.2 Å². The maximum atomic E-state index is 13.6. The van der Waals surface area contributed by atoms with E-state index in [1.54, 1.807) is 18.2 Å². The van der Waals surface area contributed by atoms with Gasteiger partial charge < -0.3 is 4.90 Å². The summed E-state index contributed by atoms with van der Waals surface area (Å²) in [4.78, 5) is 14.0. The Morgan fingerprint density at radius 3 is 2.16 bits per heavy atom. The minimum Gasteiger partial charge on any atom is -0.378 e. The van der Waals surface area contributed by atoms with Crippen LogP contribution in [0.25, 0.3) is 0 Å². The molecule has 0 aliphatic heterocycles. The third kappa shape index (κ3) is 2.62. The summed E-state index contributed by atoms with van der Waals surface area (Å²) in [6.07, 6.45) is 0. The first-order chi connectivity index (χ1) is 9.00. The van der Waals surface area contributed by atoms with Gasteiger partial charge in [-0.2, -0.15) is 0 Å². The third-order valence-corrected chi connectivity index (χ3v) is 2.81. The van der Waals surface area contributed by atoms with Crippen molar-refractivity contribution in [3.63, 3.8) is 0 Å². The van der Waals surface area contributed by atoms with Crippen LogP contribution in [0, 0.1) is 11.6 Å². The van der Waals surface area contributed by atoms with Gasteiger partial charge >= 0.3 is 0 Å². The lowest BCUT2D eigenvalue weighted by atomic mass is 10.0. The second-order valence-electron chi connectivity index (χ2n) is 4.37. The van der Waals surface area contributed by atoms with E-state index in [9.17, 15) is 13.6 Å². The number of anilines is 1. The number of carbonyl (C=O) groups excluding carboxylic acids is 1. The van der Waals surface area contributed by atoms with Gasteiger partial charge in [0.2, 0.25) is 0 Å². The van der Waals surface area contributed by atoms with Crippen molar-refractivity contribution < 1.29 is 13.6 Å². The third-order valence-electron chi connectivity index (χ3n) is 2.81. The number of hydrogen-bond acceptors (Lipinski definition) is 2. The van der Waals surface area contributed by atoms with Crippen LogP contribution in [-0.2, 0) is 0 Å². The number of nitrogens with zero attached hydrogens (tertiary/aromatic N) is 1. The van der Waals surface area contributed by atoms with Crippen LogP contribution in [0.15, 0.2) is 42.5 Å². The van der Waals surface area contributed by atoms with Gasteiger partial charge in [0.15, 0.2) is 5.78 Å². The van der Waals surface area contributed by atoms with E-state index in [0.717, 1.165) is 17.8 Å². The lowest BCUT2D eigenvalue weighted by Gasteiger charge is -2.13. The maximum absolute atomic E-state index is 13.6. The SMILES string of the molecule is CN(C)c1cccc(C(=O)c2c(F)cccc2F)c1. The molecule has 0 aliphatic rings. The van der Waals surface area contributed by atoms with Gasteiger partial charge in [0.1, 0.15) is 11.6 Å². The molecule has 0 aliphatic carbocycles. The Bertz CT molecular complexity index is 603. The largest absolute Gasteiger partial charge is 0.378 e. The topological polar surface area (TPSA) is 20.3 Å². The number of carbonyl (C=O) groups is 1. The van der Waals surface area contributed by atoms with Crippen molar-refractivity contribution in [2.75, 3.05) is 19.0 Å². The fourth-order valence-corrected chi connectivity index (χ4v) is 1.78. The van der Waals surface area contributed by atoms with E-state index in [-0.39, 0.29) is 5.56 Å². The van der Waals surface area contributed by atoms with Crippen molar-refractivity contribution >= 4 is 11.5 Å². The van der Waals surface area contributed by atoms with Crippen LogP contribution in [0.5, 0.6) is 0 Å². The van der Waals surface area contributed by atoms with Gasteiger partial charge in [-0.1, -0.05) is 18.2 Å². The van der Waals surface area contributed by atoms with Crippen LogP contribution in [0.1, 0.15) is 15.9 Å². The summed E-state index contributed by atoms with van der Waals surface area (Å²) in [6, 6.07) is 10.0. The van der Waals surface area contributed by atoms with Gasteiger partial charge in [0.25, 0.3) is 0 Å². The zero-order chi connectivity index (χ0) is 14.0. The lowest BCUT2D eigenvalue weighted by molar-refractivity contribution is 0.103. The first-order valence-corrected chi connectivity index (χ1v) is 5.77. The van der Waals surface area contributed by atoms with E-state index in [1.807, 2.05) is 25.1 Å². The molecule has 0 amide bonds. The highest BCUT2D eigenvalue weighted by Gasteiger charge is 2.18. The predicted octanol–water partition coefficient (Wildman–Crippen LogP) is 3.26. The van der Waals surface area contributed by atoms with Crippen molar-refractivity contribution in [3.8, 4) is 0 Å². The molecule has 0 fully saturated rings. The van der Waals surface area contributed by atoms with E-state index in [4.69, 9.17) is 0 Å². The number of ketones is 1. The summed E-state index contributed by atoms with van der Waals surface area (Å²) in [6.45, 7) is 0. The highest BCUT2D eigenvalue weighted by molar-refractivity contribution is 6.09. The Labute approximate surface area is 110 Å². The van der Waals surface area contributed by atoms with Crippen molar-refractivity contribution in [2.24, 2.45) is 0 Å². The van der Waals surface area contributed by atoms with Gasteiger partial charge in [0, 0.05) is 25.3 Å². The normalized spacial score (nSPS) is 10.3. The van der Waals surface area contributed by atoms with Crippen LogP contribution in [-0.4, -0.2) is 19.9 Å². The predicted molar refractivity (Wildman–Crippen MR) is 70.6 cm³/mol. The molecular weight excluding hydrogens is 248 g/mol. The second kappa shape index (κ2) is 5.18. The van der Waals surface area contributed by atoms with Crippen LogP contribution in [0.4, 0.5) is 14.5 Å². The summed E-state index contributed by atoms with van der Waals surface area (Å²) < 4.78 is 27.1. The van der Waals surface area contributed by atoms with Crippen molar-refractivity contribution in [1.82, 2.24) is 0 Å². The molecule has 0 bridgehead atoms. The summed E-state index contributed by atoms with van der Waals surface area (Å²) in [5, 5.41) is 0. The number of rotatable bonds is 3. The van der Waals surface area contributed by atoms with Crippen molar-refractivity contribution in [2.45, 2.75) is 0 Å². The van der Waals surface area contributed by atoms with E-state index in [1.165, 1.54) is 6.07 Å². The van der Waals surface area contributed by atoms with Gasteiger partial charge in [-0.3, -0.25) is 4.79 Å². The van der Waals surface area contributed by atoms with Crippen molar-refractivity contribution in [1.29, 1.82) is 0 Å². The molecule has 2 nitrogen and oxygen atoms in total. The molecule has 2 aromatic rings. The van der Waals surface area contributed by atoms with Crippen LogP contribution in [0.2, 0.25) is 0 Å². The Morgan fingerprint density at radius 2 is 1.58 bits per heavy atom. The molecular formula is C15H13F2NO. The van der Waals surface area contributed by atoms with E-state index in [2.05, 4.69) is 0 Å². The Hall–Kier alpha value is -2.23. The van der Waals surface area contributed by atoms with Crippen LogP contribution < -0.4 is 4.90 Å². The van der Waals surface area contributed by atoms with Gasteiger partial charge in [-0.15, -0.1) is 0 Å². The molecule has 0 heterocycles. The van der Waals surface area contributed by atoms with E-state index < -0.39 is 23.0 Å². The average molecular weight is 261 g/mol. The molecule has 0 spiro atoms. The molecule has 0 saturated carbocycles. The Balaban J connectivity index is 2.47. The second-order valence-corrected chi connectivity index (χ2v) is 4.37. The molecule has 0 N–H and O–H groups in total. The van der Waals surface area contributed by atoms with E-state index in [0.29, 0.717) is 0 Å². The molecule has 4 heteroatoms. The molecule has 0 aromatic heterocycles. The number of halogens is 2. The highest BCUT2D eigenvalue weighted by atomic mass is 19.1. The van der Waals surface area contributed by atoms with Gasteiger partial charge in [0.05, 0.1) is 5.56 Å². The molecule has 2 aromatic carbocycles. The summed E-state index contributed by atoms with van der Waals surface area (Å²) in [7, 11) is 3.65. The first-order valence-electron chi connectivity index (χ1n) is 5.77. The molecule has 98 valence electrons. The maximum Gasteiger partial charge on any atom is 0.199 e. The Kier molecular flexibility index (Phi) is 3.60. The molecule has 0 radical (unpaired) electrons. The lowest BCUT2D eigenvalue weighted by Crippen LogP contribution is -2.11. The zero-order valence-corrected chi connectivity index (χ0v) is 10.7. The monoisotopic (exact) mass is 261 g/mol. The first kappa shape index (κ1) is 13.2. The zero-order valence-electron chi connectivity index (χ0n) is 10.7. The molecule has 19 heavy (non-hydrogen) atoms. The minimum atomic E-state index is -0.847. The smallest absolute Gasteiger partial charge is 0.199 e. The van der Waals surface area contributed by atoms with Crippen LogP contribution in [0.3, 0.4) is 0 Å². The number of hydrogen-bond donors (Lipinski definition) is 0. The molecule has 2 rings (SSSR count). The fourth-order valence-electron chi connectivity index (χ4n) is 1.78. The van der Waals surface area contributed by atoms with Gasteiger partial charge in [-0.05, 0) is 24.3 Å². The Morgan fingerprint density at radius 1 is 1.00 bits per heavy atom. The highest BCUT2D eigenvalue weighted by Crippen LogP contribution is 2.20. The van der Waals surface area contributed by atoms with Crippen LogP contribution >= 0.6 is 0 Å². The minimum absolute atomic E-state index is 0.259.